The van der Waals surface area contributed by atoms with Crippen LogP contribution in [0.1, 0.15) is 18.1 Å². The molecule has 4 heteroatoms. The Balaban J connectivity index is 2.10. The van der Waals surface area contributed by atoms with Crippen molar-refractivity contribution < 1.29 is 14.2 Å². The SMILES string of the molecule is [CH2]COC(C)[C@@H](Oc1ccccc1CCc1cccc(OC)c1)N(C)C. The van der Waals surface area contributed by atoms with Gasteiger partial charge in [0.2, 0.25) is 0 Å². The van der Waals surface area contributed by atoms with E-state index in [1.54, 1.807) is 7.11 Å². The van der Waals surface area contributed by atoms with E-state index in [9.17, 15) is 0 Å². The number of ether oxygens (including phenoxy) is 3. The van der Waals surface area contributed by atoms with Gasteiger partial charge < -0.3 is 14.2 Å². The zero-order valence-electron chi connectivity index (χ0n) is 16.3. The summed E-state index contributed by atoms with van der Waals surface area (Å²) in [5.41, 5.74) is 2.43. The maximum absolute atomic E-state index is 6.30. The molecule has 26 heavy (non-hydrogen) atoms. The maximum atomic E-state index is 6.30. The fourth-order valence-electron chi connectivity index (χ4n) is 2.95. The molecule has 0 aliphatic carbocycles. The number of rotatable bonds is 10. The molecule has 2 rings (SSSR count). The van der Waals surface area contributed by atoms with E-state index in [2.05, 4.69) is 25.1 Å². The summed E-state index contributed by atoms with van der Waals surface area (Å²) in [5, 5.41) is 0. The normalized spacial score (nSPS) is 13.5. The van der Waals surface area contributed by atoms with Crippen LogP contribution in [0, 0.1) is 6.92 Å². The molecule has 141 valence electrons. The fraction of sp³-hybridized carbons (Fsp3) is 0.409. The van der Waals surface area contributed by atoms with E-state index < -0.39 is 0 Å². The van der Waals surface area contributed by atoms with Crippen LogP contribution < -0.4 is 9.47 Å². The van der Waals surface area contributed by atoms with E-state index >= 15 is 0 Å². The highest BCUT2D eigenvalue weighted by Gasteiger charge is 2.22. The summed E-state index contributed by atoms with van der Waals surface area (Å²) < 4.78 is 17.3. The smallest absolute Gasteiger partial charge is 0.178 e. The topological polar surface area (TPSA) is 30.9 Å². The Morgan fingerprint density at radius 3 is 2.50 bits per heavy atom. The summed E-state index contributed by atoms with van der Waals surface area (Å²) in [5.74, 6) is 1.78. The lowest BCUT2D eigenvalue weighted by molar-refractivity contribution is -0.0660. The highest BCUT2D eigenvalue weighted by atomic mass is 16.6. The second-order valence-electron chi connectivity index (χ2n) is 6.51. The van der Waals surface area contributed by atoms with Crippen LogP contribution >= 0.6 is 0 Å². The molecular formula is C22H30NO3. The first-order valence-corrected chi connectivity index (χ1v) is 9.00. The number of benzene rings is 2. The van der Waals surface area contributed by atoms with Gasteiger partial charge in [0.1, 0.15) is 17.6 Å². The first kappa shape index (κ1) is 20.3. The highest BCUT2D eigenvalue weighted by Crippen LogP contribution is 2.24. The van der Waals surface area contributed by atoms with Gasteiger partial charge in [-0.3, -0.25) is 4.90 Å². The fourth-order valence-corrected chi connectivity index (χ4v) is 2.95. The summed E-state index contributed by atoms with van der Waals surface area (Å²) in [6, 6.07) is 16.4. The zero-order chi connectivity index (χ0) is 18.9. The van der Waals surface area contributed by atoms with Crippen LogP contribution in [0.15, 0.2) is 48.5 Å². The standard InChI is InChI=1S/C22H30NO3/c1-6-25-17(2)22(23(3)4)26-21-13-8-7-11-19(21)15-14-18-10-9-12-20(16-18)24-5/h7-13,16-17,22H,1,6,14-15H2,2-5H3/t17?,22-/m1/s1. The van der Waals surface area contributed by atoms with Gasteiger partial charge >= 0.3 is 0 Å². The van der Waals surface area contributed by atoms with Crippen molar-refractivity contribution in [3.05, 3.63) is 66.6 Å². The minimum atomic E-state index is -0.172. The largest absolute Gasteiger partial charge is 0.497 e. The summed E-state index contributed by atoms with van der Waals surface area (Å²) in [7, 11) is 5.68. The monoisotopic (exact) mass is 356 g/mol. The summed E-state index contributed by atoms with van der Waals surface area (Å²) >= 11 is 0. The minimum absolute atomic E-state index is 0.0751. The molecule has 0 aliphatic heterocycles. The maximum Gasteiger partial charge on any atom is 0.178 e. The van der Waals surface area contributed by atoms with Gasteiger partial charge in [0.25, 0.3) is 0 Å². The number of hydrogen-bond donors (Lipinski definition) is 0. The summed E-state index contributed by atoms with van der Waals surface area (Å²) in [6.07, 6.45) is 1.58. The molecule has 2 atom stereocenters. The van der Waals surface area contributed by atoms with Gasteiger partial charge in [-0.25, -0.2) is 0 Å². The second kappa shape index (κ2) is 10.2. The van der Waals surface area contributed by atoms with Crippen molar-refractivity contribution in [1.82, 2.24) is 4.90 Å². The van der Waals surface area contributed by atoms with Crippen LogP contribution in [0.2, 0.25) is 0 Å². The number of hydrogen-bond acceptors (Lipinski definition) is 4. The predicted molar refractivity (Wildman–Crippen MR) is 106 cm³/mol. The van der Waals surface area contributed by atoms with Gasteiger partial charge in [0.05, 0.1) is 7.11 Å². The molecule has 2 aromatic rings. The predicted octanol–water partition coefficient (Wildman–Crippen LogP) is 3.99. The molecule has 0 saturated heterocycles. The van der Waals surface area contributed by atoms with Crippen molar-refractivity contribution in [1.29, 1.82) is 0 Å². The molecule has 4 nitrogen and oxygen atoms in total. The average Bonchev–Trinajstić information content (AvgIpc) is 2.65. The lowest BCUT2D eigenvalue weighted by Crippen LogP contribution is -2.43. The third kappa shape index (κ3) is 5.75. The van der Waals surface area contributed by atoms with Gasteiger partial charge in [-0.05, 0) is 70.1 Å². The zero-order valence-corrected chi connectivity index (χ0v) is 16.3. The van der Waals surface area contributed by atoms with Crippen molar-refractivity contribution in [2.75, 3.05) is 27.8 Å². The molecule has 0 aromatic heterocycles. The molecule has 0 N–H and O–H groups in total. The summed E-state index contributed by atoms with van der Waals surface area (Å²) in [4.78, 5) is 2.03. The Kier molecular flexibility index (Phi) is 7.95. The molecule has 1 radical (unpaired) electrons. The molecule has 0 fully saturated rings. The van der Waals surface area contributed by atoms with Crippen molar-refractivity contribution in [3.8, 4) is 11.5 Å². The number of aryl methyl sites for hydroxylation is 2. The van der Waals surface area contributed by atoms with Crippen LogP contribution in [0.5, 0.6) is 11.5 Å². The van der Waals surface area contributed by atoms with Crippen molar-refractivity contribution >= 4 is 0 Å². The van der Waals surface area contributed by atoms with Crippen molar-refractivity contribution in [2.45, 2.75) is 32.1 Å². The molecular weight excluding hydrogens is 326 g/mol. The first-order chi connectivity index (χ1) is 12.5. The molecule has 0 heterocycles. The molecule has 0 aliphatic rings. The van der Waals surface area contributed by atoms with Crippen molar-refractivity contribution in [3.63, 3.8) is 0 Å². The average molecular weight is 356 g/mol. The van der Waals surface area contributed by atoms with Crippen molar-refractivity contribution in [2.24, 2.45) is 0 Å². The second-order valence-corrected chi connectivity index (χ2v) is 6.51. The van der Waals surface area contributed by atoms with Crippen LogP contribution in [0.3, 0.4) is 0 Å². The van der Waals surface area contributed by atoms with Gasteiger partial charge in [0, 0.05) is 6.61 Å². The third-order valence-electron chi connectivity index (χ3n) is 4.33. The molecule has 0 bridgehead atoms. The molecule has 2 aromatic carbocycles. The van der Waals surface area contributed by atoms with Gasteiger partial charge in [-0.15, -0.1) is 0 Å². The summed E-state index contributed by atoms with van der Waals surface area (Å²) in [6.45, 7) is 6.19. The number of para-hydroxylation sites is 1. The van der Waals surface area contributed by atoms with Gasteiger partial charge in [0.15, 0.2) is 6.23 Å². The van der Waals surface area contributed by atoms with Crippen LogP contribution in [0.25, 0.3) is 0 Å². The minimum Gasteiger partial charge on any atom is -0.497 e. The van der Waals surface area contributed by atoms with E-state index in [-0.39, 0.29) is 12.3 Å². The van der Waals surface area contributed by atoms with E-state index in [0.29, 0.717) is 6.61 Å². The molecule has 0 amide bonds. The number of nitrogens with zero attached hydrogens (tertiary/aromatic N) is 1. The quantitative estimate of drug-likeness (QED) is 0.603. The van der Waals surface area contributed by atoms with Crippen LogP contribution in [-0.2, 0) is 17.6 Å². The number of likely N-dealkylation sites (N-methyl/N-ethyl adjacent to an activating group) is 1. The lowest BCUT2D eigenvalue weighted by Gasteiger charge is -2.31. The molecule has 1 unspecified atom stereocenters. The van der Waals surface area contributed by atoms with Gasteiger partial charge in [-0.1, -0.05) is 30.3 Å². The first-order valence-electron chi connectivity index (χ1n) is 9.00. The molecule has 0 saturated carbocycles. The Hall–Kier alpha value is -2.04. The van der Waals surface area contributed by atoms with E-state index in [4.69, 9.17) is 14.2 Å². The Morgan fingerprint density at radius 1 is 1.04 bits per heavy atom. The Bertz CT molecular complexity index is 672. The third-order valence-corrected chi connectivity index (χ3v) is 4.33. The van der Waals surface area contributed by atoms with Crippen LogP contribution in [0.4, 0.5) is 0 Å². The van der Waals surface area contributed by atoms with E-state index in [0.717, 1.165) is 24.3 Å². The lowest BCUT2D eigenvalue weighted by atomic mass is 10.0. The Labute approximate surface area is 157 Å². The number of methoxy groups -OCH3 is 1. The van der Waals surface area contributed by atoms with Crippen LogP contribution in [-0.4, -0.2) is 45.0 Å². The molecule has 0 spiro atoms. The highest BCUT2D eigenvalue weighted by molar-refractivity contribution is 5.35. The van der Waals surface area contributed by atoms with E-state index in [1.165, 1.54) is 11.1 Å². The van der Waals surface area contributed by atoms with Gasteiger partial charge in [-0.2, -0.15) is 0 Å². The Morgan fingerprint density at radius 2 is 1.81 bits per heavy atom. The van der Waals surface area contributed by atoms with E-state index in [1.807, 2.05) is 56.3 Å².